The van der Waals surface area contributed by atoms with Gasteiger partial charge in [0, 0.05) is 57.7 Å². The lowest BCUT2D eigenvalue weighted by Crippen LogP contribution is -2.50. The first kappa shape index (κ1) is 23.1. The third kappa shape index (κ3) is 6.24. The van der Waals surface area contributed by atoms with E-state index in [-0.39, 0.29) is 12.0 Å². The molecule has 0 spiro atoms. The molecule has 1 aliphatic heterocycles. The van der Waals surface area contributed by atoms with E-state index in [2.05, 4.69) is 9.97 Å². The van der Waals surface area contributed by atoms with Crippen molar-refractivity contribution in [1.29, 1.82) is 0 Å². The van der Waals surface area contributed by atoms with E-state index in [4.69, 9.17) is 16.3 Å². The molecule has 2 heterocycles. The van der Waals surface area contributed by atoms with E-state index in [1.54, 1.807) is 22.8 Å². The number of nitrogens with zero attached hydrogens (tertiary/aromatic N) is 5. The van der Waals surface area contributed by atoms with Gasteiger partial charge < -0.3 is 19.4 Å². The van der Waals surface area contributed by atoms with Crippen LogP contribution in [0, 0.1) is 0 Å². The lowest BCUT2D eigenvalue weighted by molar-refractivity contribution is 0.0570. The van der Waals surface area contributed by atoms with E-state index in [1.807, 2.05) is 43.3 Å². The molecule has 0 aliphatic carbocycles. The molecule has 1 saturated heterocycles. The molecule has 1 aromatic heterocycles. The van der Waals surface area contributed by atoms with Crippen molar-refractivity contribution >= 4 is 41.2 Å². The Hall–Kier alpha value is -2.52. The predicted molar refractivity (Wildman–Crippen MR) is 122 cm³/mol. The molecule has 3 rings (SSSR count). The molecule has 2 amide bonds. The molecule has 1 aromatic carbocycles. The standard InChI is InChI=1S/C21H26ClN5O3S/c1-4-30-21(29)27-10-8-26(9-11-27)19(28)16-7-5-6-15(12-16)14-31-20-23-17(22)13-18(24-20)25(2)3/h5-7,12-13H,4,8-11,14H2,1-3H3. The highest BCUT2D eigenvalue weighted by Crippen LogP contribution is 2.24. The Morgan fingerprint density at radius 1 is 1.13 bits per heavy atom. The fourth-order valence-corrected chi connectivity index (χ4v) is 4.13. The largest absolute Gasteiger partial charge is 0.450 e. The monoisotopic (exact) mass is 463 g/mol. The SMILES string of the molecule is CCOC(=O)N1CCN(C(=O)c2cccc(CSc3nc(Cl)cc(N(C)C)n3)c2)CC1. The van der Waals surface area contributed by atoms with Crippen LogP contribution < -0.4 is 4.90 Å². The topological polar surface area (TPSA) is 78.9 Å². The maximum absolute atomic E-state index is 12.9. The molecular formula is C21H26ClN5O3S. The van der Waals surface area contributed by atoms with Crippen molar-refractivity contribution in [2.75, 3.05) is 51.8 Å². The average Bonchev–Trinajstić information content (AvgIpc) is 2.77. The maximum Gasteiger partial charge on any atom is 0.409 e. The fraction of sp³-hybridized carbons (Fsp3) is 0.429. The number of benzene rings is 1. The van der Waals surface area contributed by atoms with Gasteiger partial charge in [-0.25, -0.2) is 14.8 Å². The smallest absolute Gasteiger partial charge is 0.409 e. The summed E-state index contributed by atoms with van der Waals surface area (Å²) in [6, 6.07) is 9.27. The number of amides is 2. The number of anilines is 1. The second-order valence-electron chi connectivity index (χ2n) is 7.19. The van der Waals surface area contributed by atoms with Gasteiger partial charge in [0.05, 0.1) is 6.61 Å². The first-order chi connectivity index (χ1) is 14.9. The molecule has 0 radical (unpaired) electrons. The second kappa shape index (κ2) is 10.7. The highest BCUT2D eigenvalue weighted by Gasteiger charge is 2.25. The summed E-state index contributed by atoms with van der Waals surface area (Å²) in [7, 11) is 3.80. The third-order valence-electron chi connectivity index (χ3n) is 4.75. The zero-order valence-electron chi connectivity index (χ0n) is 17.9. The number of thioether (sulfide) groups is 1. The Labute approximate surface area is 191 Å². The molecule has 0 atom stereocenters. The summed E-state index contributed by atoms with van der Waals surface area (Å²) in [5.74, 6) is 1.32. The number of carbonyl (C=O) groups is 2. The Bertz CT molecular complexity index is 935. The number of ether oxygens (including phenoxy) is 1. The van der Waals surface area contributed by atoms with Gasteiger partial charge in [-0.3, -0.25) is 4.79 Å². The molecule has 0 unspecified atom stereocenters. The van der Waals surface area contributed by atoms with Crippen LogP contribution in [0.25, 0.3) is 0 Å². The molecule has 0 bridgehead atoms. The lowest BCUT2D eigenvalue weighted by Gasteiger charge is -2.34. The fourth-order valence-electron chi connectivity index (χ4n) is 3.11. The van der Waals surface area contributed by atoms with E-state index in [9.17, 15) is 9.59 Å². The Morgan fingerprint density at radius 3 is 2.52 bits per heavy atom. The van der Waals surface area contributed by atoms with Gasteiger partial charge in [0.15, 0.2) is 5.16 Å². The predicted octanol–water partition coefficient (Wildman–Crippen LogP) is 3.40. The molecule has 1 aliphatic rings. The molecule has 1 fully saturated rings. The Morgan fingerprint density at radius 2 is 1.84 bits per heavy atom. The minimum Gasteiger partial charge on any atom is -0.450 e. The van der Waals surface area contributed by atoms with Gasteiger partial charge in [-0.2, -0.15) is 0 Å². The average molecular weight is 464 g/mol. The highest BCUT2D eigenvalue weighted by atomic mass is 35.5. The number of aromatic nitrogens is 2. The van der Waals surface area contributed by atoms with Crippen LogP contribution in [0.4, 0.5) is 10.6 Å². The van der Waals surface area contributed by atoms with E-state index < -0.39 is 0 Å². The lowest BCUT2D eigenvalue weighted by atomic mass is 10.1. The summed E-state index contributed by atoms with van der Waals surface area (Å²) in [4.78, 5) is 38.8. The summed E-state index contributed by atoms with van der Waals surface area (Å²) in [5.41, 5.74) is 1.62. The van der Waals surface area contributed by atoms with Gasteiger partial charge in [0.1, 0.15) is 11.0 Å². The van der Waals surface area contributed by atoms with Crippen LogP contribution >= 0.6 is 23.4 Å². The third-order valence-corrected chi connectivity index (χ3v) is 5.87. The van der Waals surface area contributed by atoms with Crippen LogP contribution in [-0.2, 0) is 10.5 Å². The van der Waals surface area contributed by atoms with Crippen LogP contribution in [0.15, 0.2) is 35.5 Å². The van der Waals surface area contributed by atoms with Crippen molar-refractivity contribution in [2.24, 2.45) is 0 Å². The van der Waals surface area contributed by atoms with Gasteiger partial charge in [-0.1, -0.05) is 35.5 Å². The second-order valence-corrected chi connectivity index (χ2v) is 8.52. The Balaban J connectivity index is 1.60. The molecule has 2 aromatic rings. The first-order valence-corrected chi connectivity index (χ1v) is 11.4. The number of rotatable bonds is 6. The number of hydrogen-bond donors (Lipinski definition) is 0. The van der Waals surface area contributed by atoms with Gasteiger partial charge in [0.25, 0.3) is 5.91 Å². The van der Waals surface area contributed by atoms with Crippen molar-refractivity contribution < 1.29 is 14.3 Å². The van der Waals surface area contributed by atoms with E-state index in [1.165, 1.54) is 11.8 Å². The summed E-state index contributed by atoms with van der Waals surface area (Å²) in [5, 5.41) is 0.982. The summed E-state index contributed by atoms with van der Waals surface area (Å²) in [6.07, 6.45) is -0.325. The molecule has 10 heteroatoms. The van der Waals surface area contributed by atoms with Crippen LogP contribution in [-0.4, -0.2) is 78.6 Å². The van der Waals surface area contributed by atoms with Crippen LogP contribution in [0.5, 0.6) is 0 Å². The summed E-state index contributed by atoms with van der Waals surface area (Å²) >= 11 is 7.57. The molecule has 0 N–H and O–H groups in total. The maximum atomic E-state index is 12.9. The first-order valence-electron chi connectivity index (χ1n) is 10.0. The molecule has 166 valence electrons. The minimum absolute atomic E-state index is 0.0377. The van der Waals surface area contributed by atoms with E-state index in [0.29, 0.717) is 54.4 Å². The molecule has 31 heavy (non-hydrogen) atoms. The van der Waals surface area contributed by atoms with E-state index in [0.717, 1.165) is 11.4 Å². The number of hydrogen-bond acceptors (Lipinski definition) is 7. The van der Waals surface area contributed by atoms with Gasteiger partial charge in [0.2, 0.25) is 0 Å². The van der Waals surface area contributed by atoms with Crippen molar-refractivity contribution in [1.82, 2.24) is 19.8 Å². The molecule has 0 saturated carbocycles. The van der Waals surface area contributed by atoms with Gasteiger partial charge >= 0.3 is 6.09 Å². The Kier molecular flexibility index (Phi) is 7.97. The summed E-state index contributed by atoms with van der Waals surface area (Å²) in [6.45, 7) is 4.05. The zero-order chi connectivity index (χ0) is 22.4. The minimum atomic E-state index is -0.325. The van der Waals surface area contributed by atoms with Crippen LogP contribution in [0.3, 0.4) is 0 Å². The zero-order valence-corrected chi connectivity index (χ0v) is 19.4. The number of halogens is 1. The van der Waals surface area contributed by atoms with Crippen molar-refractivity contribution in [2.45, 2.75) is 17.8 Å². The van der Waals surface area contributed by atoms with Crippen molar-refractivity contribution in [3.05, 3.63) is 46.6 Å². The van der Waals surface area contributed by atoms with Crippen molar-refractivity contribution in [3.8, 4) is 0 Å². The van der Waals surface area contributed by atoms with Crippen LogP contribution in [0.2, 0.25) is 5.15 Å². The highest BCUT2D eigenvalue weighted by molar-refractivity contribution is 7.98. The van der Waals surface area contributed by atoms with Crippen LogP contribution in [0.1, 0.15) is 22.8 Å². The normalized spacial score (nSPS) is 13.8. The van der Waals surface area contributed by atoms with Gasteiger partial charge in [-0.05, 0) is 24.6 Å². The molecular weight excluding hydrogens is 438 g/mol. The number of carbonyl (C=O) groups excluding carboxylic acids is 2. The van der Waals surface area contributed by atoms with Gasteiger partial charge in [-0.15, -0.1) is 0 Å². The summed E-state index contributed by atoms with van der Waals surface area (Å²) < 4.78 is 5.03. The quantitative estimate of drug-likeness (QED) is 0.369. The van der Waals surface area contributed by atoms with Crippen molar-refractivity contribution in [3.63, 3.8) is 0 Å². The van der Waals surface area contributed by atoms with E-state index >= 15 is 0 Å². The number of piperazine rings is 1. The molecule has 8 nitrogen and oxygen atoms in total.